The lowest BCUT2D eigenvalue weighted by atomic mass is 9.89. The largest absolute Gasteiger partial charge is 0.444 e. The number of nitrogens with zero attached hydrogens (tertiary/aromatic N) is 3. The Labute approximate surface area is 235 Å². The normalized spacial score (nSPS) is 23.4. The molecule has 41 heavy (non-hydrogen) atoms. The molecule has 0 radical (unpaired) electrons. The van der Waals surface area contributed by atoms with Crippen molar-refractivity contribution in [1.29, 1.82) is 0 Å². The Kier molecular flexibility index (Phi) is 8.48. The number of amides is 3. The van der Waals surface area contributed by atoms with Gasteiger partial charge in [0, 0.05) is 19.5 Å². The van der Waals surface area contributed by atoms with E-state index in [-0.39, 0.29) is 42.8 Å². The van der Waals surface area contributed by atoms with Crippen LogP contribution in [0.3, 0.4) is 0 Å². The van der Waals surface area contributed by atoms with Gasteiger partial charge in [0.25, 0.3) is 0 Å². The molecule has 3 atom stereocenters. The lowest BCUT2D eigenvalue weighted by molar-refractivity contribution is -0.169. The van der Waals surface area contributed by atoms with E-state index in [2.05, 4.69) is 5.32 Å². The van der Waals surface area contributed by atoms with Crippen LogP contribution in [0.2, 0.25) is 0 Å². The molecule has 3 aliphatic rings. The molecule has 220 valence electrons. The maximum Gasteiger partial charge on any atom is 0.416 e. The molecule has 2 aromatic carbocycles. The van der Waals surface area contributed by atoms with Gasteiger partial charge in [0.1, 0.15) is 24.6 Å². The Morgan fingerprint density at radius 3 is 2.56 bits per heavy atom. The summed E-state index contributed by atoms with van der Waals surface area (Å²) in [7, 11) is 0. The molecule has 5 rings (SSSR count). The molecule has 3 aliphatic heterocycles. The van der Waals surface area contributed by atoms with E-state index >= 15 is 0 Å². The minimum atomic E-state index is -4.76. The van der Waals surface area contributed by atoms with Crippen LogP contribution in [0.25, 0.3) is 0 Å². The number of hydrogen-bond acceptors (Lipinski definition) is 5. The third-order valence-electron chi connectivity index (χ3n) is 7.91. The Bertz CT molecular complexity index is 1270. The number of nitrogens with one attached hydrogen (secondary N) is 1. The Balaban J connectivity index is 1.37. The van der Waals surface area contributed by atoms with Gasteiger partial charge >= 0.3 is 12.3 Å². The van der Waals surface area contributed by atoms with Gasteiger partial charge in [0.05, 0.1) is 12.1 Å². The summed E-state index contributed by atoms with van der Waals surface area (Å²) in [5.41, 5.74) is -0.432. The number of rotatable bonds is 6. The summed E-state index contributed by atoms with van der Waals surface area (Å²) in [6.07, 6.45) is -4.09. The predicted molar refractivity (Wildman–Crippen MR) is 139 cm³/mol. The fourth-order valence-electron chi connectivity index (χ4n) is 5.94. The second kappa shape index (κ2) is 12.1. The van der Waals surface area contributed by atoms with Gasteiger partial charge in [-0.05, 0) is 67.6 Å². The smallest absolute Gasteiger partial charge is 0.416 e. The van der Waals surface area contributed by atoms with E-state index in [0.29, 0.717) is 19.0 Å². The van der Waals surface area contributed by atoms with Gasteiger partial charge in [-0.3, -0.25) is 14.5 Å². The summed E-state index contributed by atoms with van der Waals surface area (Å²) in [6.45, 7) is 1.43. The predicted octanol–water partition coefficient (Wildman–Crippen LogP) is 4.14. The van der Waals surface area contributed by atoms with Crippen LogP contribution in [0, 0.1) is 11.7 Å². The van der Waals surface area contributed by atoms with Gasteiger partial charge < -0.3 is 19.9 Å². The van der Waals surface area contributed by atoms with E-state index in [0.717, 1.165) is 43.6 Å². The van der Waals surface area contributed by atoms with Crippen LogP contribution in [-0.4, -0.2) is 71.0 Å². The molecule has 2 aromatic rings. The first-order valence-electron chi connectivity index (χ1n) is 13.7. The van der Waals surface area contributed by atoms with Crippen molar-refractivity contribution >= 4 is 17.9 Å². The minimum absolute atomic E-state index is 0.0187. The second-order valence-corrected chi connectivity index (χ2v) is 10.8. The third-order valence-corrected chi connectivity index (χ3v) is 7.91. The van der Waals surface area contributed by atoms with Crippen molar-refractivity contribution < 1.29 is 36.7 Å². The molecule has 1 N–H and O–H groups in total. The molecule has 0 aromatic heterocycles. The number of halogens is 4. The number of fused-ring (bicyclic) bond motifs is 1. The number of benzene rings is 2. The molecule has 0 saturated carbocycles. The van der Waals surface area contributed by atoms with Crippen molar-refractivity contribution in [2.75, 3.05) is 26.2 Å². The van der Waals surface area contributed by atoms with E-state index < -0.39 is 42.5 Å². The van der Waals surface area contributed by atoms with Crippen LogP contribution in [0.4, 0.5) is 22.4 Å². The minimum Gasteiger partial charge on any atom is -0.444 e. The van der Waals surface area contributed by atoms with Crippen molar-refractivity contribution in [1.82, 2.24) is 20.0 Å². The fourth-order valence-corrected chi connectivity index (χ4v) is 5.94. The van der Waals surface area contributed by atoms with Crippen LogP contribution >= 0.6 is 0 Å². The Morgan fingerprint density at radius 2 is 1.85 bits per heavy atom. The van der Waals surface area contributed by atoms with E-state index in [1.54, 1.807) is 4.90 Å². The van der Waals surface area contributed by atoms with Gasteiger partial charge in [-0.1, -0.05) is 30.3 Å². The van der Waals surface area contributed by atoms with Crippen LogP contribution < -0.4 is 5.32 Å². The molecule has 0 spiro atoms. The zero-order valence-corrected chi connectivity index (χ0v) is 22.4. The Morgan fingerprint density at radius 1 is 1.07 bits per heavy atom. The maximum atomic E-state index is 13.9. The van der Waals surface area contributed by atoms with E-state index in [9.17, 15) is 31.9 Å². The quantitative estimate of drug-likeness (QED) is 0.523. The molecule has 3 saturated heterocycles. The number of ether oxygens (including phenoxy) is 1. The van der Waals surface area contributed by atoms with Gasteiger partial charge in [-0.15, -0.1) is 0 Å². The highest BCUT2D eigenvalue weighted by atomic mass is 19.4. The standard InChI is InChI=1S/C29H32F4N4O4/c30-23-12-21(11-22(14-23)29(31,32)33)18-41-28(40)36-10-8-26(38)37-24(13-20-7-4-9-34-15-20)27(39)35(17-25(36)37)16-19-5-2-1-3-6-19/h1-3,5-6,11-12,14,20,24-25,34H,4,7-10,13,15-18H2. The monoisotopic (exact) mass is 576 g/mol. The molecule has 3 fully saturated rings. The lowest BCUT2D eigenvalue weighted by Crippen LogP contribution is -2.71. The summed E-state index contributed by atoms with van der Waals surface area (Å²) < 4.78 is 58.6. The van der Waals surface area contributed by atoms with Crippen molar-refractivity contribution in [2.45, 2.75) is 57.2 Å². The van der Waals surface area contributed by atoms with Crippen molar-refractivity contribution in [3.63, 3.8) is 0 Å². The molecule has 3 amide bonds. The SMILES string of the molecule is O=C1C(CC2CCCNC2)N2C(=O)CCN(C(=O)OCc3cc(F)cc(C(F)(F)F)c3)C2CN1Cc1ccccc1. The number of carbonyl (C=O) groups is 3. The molecule has 0 bridgehead atoms. The third kappa shape index (κ3) is 6.64. The summed E-state index contributed by atoms with van der Waals surface area (Å²) in [6, 6.07) is 10.6. The number of piperidine rings is 1. The zero-order valence-electron chi connectivity index (χ0n) is 22.4. The molecule has 3 unspecified atom stereocenters. The lowest BCUT2D eigenvalue weighted by Gasteiger charge is -2.52. The number of carbonyl (C=O) groups excluding carboxylic acids is 3. The molecular weight excluding hydrogens is 544 g/mol. The summed E-state index contributed by atoms with van der Waals surface area (Å²) in [4.78, 5) is 44.8. The van der Waals surface area contributed by atoms with E-state index in [1.807, 2.05) is 30.3 Å². The van der Waals surface area contributed by atoms with Crippen LogP contribution in [-0.2, 0) is 33.7 Å². The molecule has 3 heterocycles. The summed E-state index contributed by atoms with van der Waals surface area (Å²) in [5, 5.41) is 3.34. The van der Waals surface area contributed by atoms with Crippen molar-refractivity contribution in [3.05, 3.63) is 71.0 Å². The molecule has 12 heteroatoms. The van der Waals surface area contributed by atoms with Gasteiger partial charge in [0.15, 0.2) is 0 Å². The first kappa shape index (κ1) is 28.8. The zero-order chi connectivity index (χ0) is 29.1. The molecular formula is C29H32F4N4O4. The number of piperazine rings is 1. The average molecular weight is 577 g/mol. The fraction of sp³-hybridized carbons (Fsp3) is 0.483. The van der Waals surface area contributed by atoms with Gasteiger partial charge in [0.2, 0.25) is 11.8 Å². The highest BCUT2D eigenvalue weighted by molar-refractivity contribution is 5.90. The summed E-state index contributed by atoms with van der Waals surface area (Å²) in [5.74, 6) is -1.33. The first-order valence-corrected chi connectivity index (χ1v) is 13.7. The second-order valence-electron chi connectivity index (χ2n) is 10.8. The highest BCUT2D eigenvalue weighted by Gasteiger charge is 2.49. The number of hydrogen-bond donors (Lipinski definition) is 1. The topological polar surface area (TPSA) is 82.2 Å². The Hall–Kier alpha value is -3.67. The molecule has 8 nitrogen and oxygen atoms in total. The molecule has 0 aliphatic carbocycles. The first-order chi connectivity index (χ1) is 19.6. The van der Waals surface area contributed by atoms with Crippen LogP contribution in [0.15, 0.2) is 48.5 Å². The van der Waals surface area contributed by atoms with Crippen LogP contribution in [0.5, 0.6) is 0 Å². The highest BCUT2D eigenvalue weighted by Crippen LogP contribution is 2.33. The van der Waals surface area contributed by atoms with Gasteiger partial charge in [-0.2, -0.15) is 13.2 Å². The summed E-state index contributed by atoms with van der Waals surface area (Å²) >= 11 is 0. The van der Waals surface area contributed by atoms with Crippen molar-refractivity contribution in [2.24, 2.45) is 5.92 Å². The number of alkyl halides is 3. The maximum absolute atomic E-state index is 13.9. The van der Waals surface area contributed by atoms with E-state index in [4.69, 9.17) is 4.74 Å². The van der Waals surface area contributed by atoms with Crippen molar-refractivity contribution in [3.8, 4) is 0 Å². The average Bonchev–Trinajstić information content (AvgIpc) is 2.94. The van der Waals surface area contributed by atoms with E-state index in [1.165, 1.54) is 9.80 Å². The van der Waals surface area contributed by atoms with Gasteiger partial charge in [-0.25, -0.2) is 9.18 Å². The van der Waals surface area contributed by atoms with Crippen LogP contribution in [0.1, 0.15) is 42.4 Å².